The van der Waals surface area contributed by atoms with Crippen molar-refractivity contribution < 1.29 is 9.18 Å². The average Bonchev–Trinajstić information content (AvgIpc) is 2.85. The van der Waals surface area contributed by atoms with Crippen LogP contribution in [0.1, 0.15) is 29.9 Å². The number of nitrogens with one attached hydrogen (secondary N) is 1. The lowest BCUT2D eigenvalue weighted by Gasteiger charge is -2.26. The molecular formula is C20H20BrFN2O. The second-order valence-electron chi connectivity index (χ2n) is 6.79. The van der Waals surface area contributed by atoms with E-state index in [0.29, 0.717) is 17.8 Å². The molecule has 0 unspecified atom stereocenters. The van der Waals surface area contributed by atoms with Gasteiger partial charge in [-0.3, -0.25) is 4.79 Å². The minimum Gasteiger partial charge on any atom is -0.350 e. The number of aromatic nitrogens is 1. The summed E-state index contributed by atoms with van der Waals surface area (Å²) in [5, 5.41) is 3.94. The number of carbonyl (C=O) groups is 1. The molecule has 0 saturated carbocycles. The van der Waals surface area contributed by atoms with E-state index in [9.17, 15) is 9.18 Å². The van der Waals surface area contributed by atoms with Crippen molar-refractivity contribution in [2.45, 2.75) is 19.3 Å². The number of amides is 1. The lowest BCUT2D eigenvalue weighted by atomic mass is 9.84. The summed E-state index contributed by atoms with van der Waals surface area (Å²) in [4.78, 5) is 12.8. The predicted octanol–water partition coefficient (Wildman–Crippen LogP) is 4.79. The Kier molecular flexibility index (Phi) is 4.69. The van der Waals surface area contributed by atoms with Crippen molar-refractivity contribution in [3.8, 4) is 0 Å². The molecule has 0 radical (unpaired) electrons. The van der Waals surface area contributed by atoms with E-state index in [-0.39, 0.29) is 11.7 Å². The van der Waals surface area contributed by atoms with Gasteiger partial charge in [-0.15, -0.1) is 0 Å². The Morgan fingerprint density at radius 1 is 1.16 bits per heavy atom. The molecule has 1 amide bonds. The number of halogens is 2. The number of aryl methyl sites for hydroxylation is 1. The van der Waals surface area contributed by atoms with Crippen LogP contribution in [0.15, 0.2) is 53.0 Å². The van der Waals surface area contributed by atoms with Crippen LogP contribution in [0.25, 0.3) is 10.9 Å². The predicted molar refractivity (Wildman–Crippen MR) is 102 cm³/mol. The Morgan fingerprint density at radius 3 is 2.48 bits per heavy atom. The summed E-state index contributed by atoms with van der Waals surface area (Å²) < 4.78 is 16.7. The van der Waals surface area contributed by atoms with Gasteiger partial charge in [0.15, 0.2) is 0 Å². The summed E-state index contributed by atoms with van der Waals surface area (Å²) in [6.07, 6.45) is 0. The van der Waals surface area contributed by atoms with Gasteiger partial charge in [-0.1, -0.05) is 50.2 Å². The molecule has 0 bridgehead atoms. The smallest absolute Gasteiger partial charge is 0.269 e. The van der Waals surface area contributed by atoms with Gasteiger partial charge in [-0.2, -0.15) is 0 Å². The molecule has 1 N–H and O–H groups in total. The van der Waals surface area contributed by atoms with Crippen LogP contribution in [-0.4, -0.2) is 17.0 Å². The van der Waals surface area contributed by atoms with Gasteiger partial charge in [0.1, 0.15) is 11.5 Å². The highest BCUT2D eigenvalue weighted by Crippen LogP contribution is 2.30. The van der Waals surface area contributed by atoms with Gasteiger partial charge in [-0.05, 0) is 33.6 Å². The second kappa shape index (κ2) is 6.64. The van der Waals surface area contributed by atoms with E-state index >= 15 is 0 Å². The summed E-state index contributed by atoms with van der Waals surface area (Å²) in [7, 11) is 1.87. The van der Waals surface area contributed by atoms with E-state index in [0.717, 1.165) is 15.4 Å². The zero-order valence-corrected chi connectivity index (χ0v) is 16.0. The number of hydrogen-bond donors (Lipinski definition) is 1. The zero-order chi connectivity index (χ0) is 18.2. The summed E-state index contributed by atoms with van der Waals surface area (Å²) >= 11 is 3.54. The molecule has 0 aliphatic heterocycles. The van der Waals surface area contributed by atoms with Crippen LogP contribution in [0, 0.1) is 5.82 Å². The third-order valence-corrected chi connectivity index (χ3v) is 5.36. The Hall–Kier alpha value is -2.14. The van der Waals surface area contributed by atoms with E-state index in [1.54, 1.807) is 12.1 Å². The maximum absolute atomic E-state index is 14.1. The van der Waals surface area contributed by atoms with Crippen molar-refractivity contribution >= 4 is 32.7 Å². The Morgan fingerprint density at radius 2 is 1.80 bits per heavy atom. The highest BCUT2D eigenvalue weighted by molar-refractivity contribution is 9.10. The SMILES string of the molecule is Cn1c(C(=O)NCC(C)(C)c2ccccc2F)c(Br)c2ccccc21. The number of hydrogen-bond acceptors (Lipinski definition) is 1. The minimum absolute atomic E-state index is 0.185. The van der Waals surface area contributed by atoms with Crippen molar-refractivity contribution in [1.29, 1.82) is 0 Å². The topological polar surface area (TPSA) is 34.0 Å². The van der Waals surface area contributed by atoms with Gasteiger partial charge < -0.3 is 9.88 Å². The molecule has 1 heterocycles. The number of fused-ring (bicyclic) bond motifs is 1. The minimum atomic E-state index is -0.516. The highest BCUT2D eigenvalue weighted by atomic mass is 79.9. The Balaban J connectivity index is 1.85. The van der Waals surface area contributed by atoms with E-state index in [1.165, 1.54) is 6.07 Å². The van der Waals surface area contributed by atoms with Crippen LogP contribution in [0.4, 0.5) is 4.39 Å². The highest BCUT2D eigenvalue weighted by Gasteiger charge is 2.26. The standard InChI is InChI=1S/C20H20BrFN2O/c1-20(2,14-9-5-6-10-15(14)22)12-23-19(25)18-17(21)13-8-4-7-11-16(13)24(18)3/h4-11H,12H2,1-3H3,(H,23,25). The van der Waals surface area contributed by atoms with Crippen molar-refractivity contribution in [2.75, 3.05) is 6.54 Å². The van der Waals surface area contributed by atoms with Gasteiger partial charge in [0.25, 0.3) is 5.91 Å². The van der Waals surface area contributed by atoms with Gasteiger partial charge in [-0.25, -0.2) is 4.39 Å². The monoisotopic (exact) mass is 402 g/mol. The molecule has 2 aromatic carbocycles. The van der Waals surface area contributed by atoms with Crippen LogP contribution in [0.5, 0.6) is 0 Å². The van der Waals surface area contributed by atoms with Crippen LogP contribution in [0.3, 0.4) is 0 Å². The molecular weight excluding hydrogens is 383 g/mol. The quantitative estimate of drug-likeness (QED) is 0.668. The third kappa shape index (κ3) is 3.21. The molecule has 0 saturated heterocycles. The molecule has 130 valence electrons. The van der Waals surface area contributed by atoms with E-state index < -0.39 is 5.41 Å². The zero-order valence-electron chi connectivity index (χ0n) is 14.4. The van der Waals surface area contributed by atoms with Gasteiger partial charge in [0, 0.05) is 29.9 Å². The van der Waals surface area contributed by atoms with Gasteiger partial charge in [0.2, 0.25) is 0 Å². The number of para-hydroxylation sites is 1. The molecule has 0 aliphatic carbocycles. The summed E-state index contributed by atoms with van der Waals surface area (Å²) in [5.74, 6) is -0.442. The Bertz CT molecular complexity index is 907. The molecule has 0 aliphatic rings. The fourth-order valence-corrected chi connectivity index (χ4v) is 3.87. The first-order valence-electron chi connectivity index (χ1n) is 8.09. The summed E-state index contributed by atoms with van der Waals surface area (Å²) in [5.41, 5.74) is 1.61. The average molecular weight is 403 g/mol. The number of benzene rings is 2. The van der Waals surface area contributed by atoms with Gasteiger partial charge in [0.05, 0.1) is 4.47 Å². The normalized spacial score (nSPS) is 11.7. The molecule has 3 nitrogen and oxygen atoms in total. The maximum atomic E-state index is 14.1. The molecule has 0 spiro atoms. The van der Waals surface area contributed by atoms with Crippen molar-refractivity contribution in [3.05, 3.63) is 70.1 Å². The second-order valence-corrected chi connectivity index (χ2v) is 7.58. The largest absolute Gasteiger partial charge is 0.350 e. The van der Waals surface area contributed by atoms with E-state index in [2.05, 4.69) is 21.2 Å². The lowest BCUT2D eigenvalue weighted by molar-refractivity contribution is 0.0936. The van der Waals surface area contributed by atoms with Crippen molar-refractivity contribution in [3.63, 3.8) is 0 Å². The lowest BCUT2D eigenvalue weighted by Crippen LogP contribution is -2.38. The van der Waals surface area contributed by atoms with Gasteiger partial charge >= 0.3 is 0 Å². The molecule has 25 heavy (non-hydrogen) atoms. The molecule has 3 aromatic rings. The van der Waals surface area contributed by atoms with Crippen molar-refractivity contribution in [2.24, 2.45) is 7.05 Å². The summed E-state index contributed by atoms with van der Waals surface area (Å²) in [6, 6.07) is 14.5. The van der Waals surface area contributed by atoms with Crippen LogP contribution in [0.2, 0.25) is 0 Å². The molecule has 5 heteroatoms. The maximum Gasteiger partial charge on any atom is 0.269 e. The molecule has 1 aromatic heterocycles. The van der Waals surface area contributed by atoms with Crippen LogP contribution >= 0.6 is 15.9 Å². The first kappa shape index (κ1) is 17.7. The third-order valence-electron chi connectivity index (χ3n) is 4.55. The molecule has 3 rings (SSSR count). The fraction of sp³-hybridized carbons (Fsp3) is 0.250. The first-order valence-corrected chi connectivity index (χ1v) is 8.88. The number of nitrogens with zero attached hydrogens (tertiary/aromatic N) is 1. The number of rotatable bonds is 4. The molecule has 0 atom stereocenters. The van der Waals surface area contributed by atoms with Crippen LogP contribution in [-0.2, 0) is 12.5 Å². The molecule has 0 fully saturated rings. The first-order chi connectivity index (χ1) is 11.8. The number of carbonyl (C=O) groups excluding carboxylic acids is 1. The van der Waals surface area contributed by atoms with Crippen molar-refractivity contribution in [1.82, 2.24) is 9.88 Å². The fourth-order valence-electron chi connectivity index (χ4n) is 3.09. The van der Waals surface area contributed by atoms with Crippen LogP contribution < -0.4 is 5.32 Å². The summed E-state index contributed by atoms with van der Waals surface area (Å²) in [6.45, 7) is 4.17. The Labute approximate surface area is 155 Å². The van der Waals surface area contributed by atoms with E-state index in [1.807, 2.05) is 55.8 Å². The van der Waals surface area contributed by atoms with E-state index in [4.69, 9.17) is 0 Å².